The van der Waals surface area contributed by atoms with Gasteiger partial charge in [0.15, 0.2) is 5.65 Å². The summed E-state index contributed by atoms with van der Waals surface area (Å²) in [6, 6.07) is 17.6. The molecule has 1 amide bonds. The highest BCUT2D eigenvalue weighted by molar-refractivity contribution is 5.98. The third-order valence-corrected chi connectivity index (χ3v) is 7.32. The zero-order valence-corrected chi connectivity index (χ0v) is 24.4. The number of aliphatic carboxylic acids is 1. The predicted molar refractivity (Wildman–Crippen MR) is 162 cm³/mol. The Morgan fingerprint density at radius 3 is 2.24 bits per heavy atom. The van der Waals surface area contributed by atoms with Gasteiger partial charge in [-0.3, -0.25) is 9.59 Å². The molecule has 3 heterocycles. The van der Waals surface area contributed by atoms with E-state index in [2.05, 4.69) is 28.7 Å². The number of carboxylic acids is 1. The summed E-state index contributed by atoms with van der Waals surface area (Å²) in [5, 5.41) is 13.2. The summed E-state index contributed by atoms with van der Waals surface area (Å²) < 4.78 is 7.92. The van der Waals surface area contributed by atoms with Crippen molar-refractivity contribution in [1.82, 2.24) is 29.5 Å². The number of likely N-dealkylation sites (tertiary alicyclic amines) is 1. The minimum Gasteiger partial charge on any atom is -0.481 e. The van der Waals surface area contributed by atoms with Crippen LogP contribution in [0.25, 0.3) is 22.3 Å². The number of ether oxygens (including phenoxy) is 1. The van der Waals surface area contributed by atoms with Gasteiger partial charge in [-0.25, -0.2) is 14.6 Å². The van der Waals surface area contributed by atoms with E-state index in [1.165, 1.54) is 6.33 Å². The second-order valence-corrected chi connectivity index (χ2v) is 10.1. The molecule has 42 heavy (non-hydrogen) atoms. The standard InChI is InChI=1S/C29H35N7O2.C2H4O2/c1-3-34(4-2)17-16-25(37)35-18-14-22(15-19-35)36-29-26(28(30)31-20-32-29)27(33-36)21-10-12-24(13-11-21)38-23-8-6-5-7-9-23;1-2(3)4/h5-13,20,22H,3-4,14-19H2,1-2H3,(H2,30,31,32);1H3,(H,3,4). The van der Waals surface area contributed by atoms with Gasteiger partial charge in [-0.1, -0.05) is 32.0 Å². The van der Waals surface area contributed by atoms with Crippen LogP contribution in [-0.4, -0.2) is 79.3 Å². The van der Waals surface area contributed by atoms with Crippen molar-refractivity contribution in [3.8, 4) is 22.8 Å². The van der Waals surface area contributed by atoms with Gasteiger partial charge in [-0.05, 0) is 62.3 Å². The van der Waals surface area contributed by atoms with Crippen molar-refractivity contribution in [3.63, 3.8) is 0 Å². The van der Waals surface area contributed by atoms with Crippen molar-refractivity contribution in [2.24, 2.45) is 0 Å². The van der Waals surface area contributed by atoms with Gasteiger partial charge in [0.2, 0.25) is 5.91 Å². The summed E-state index contributed by atoms with van der Waals surface area (Å²) in [6.45, 7) is 9.51. The molecule has 1 fully saturated rings. The van der Waals surface area contributed by atoms with E-state index >= 15 is 0 Å². The molecule has 0 radical (unpaired) electrons. The van der Waals surface area contributed by atoms with Crippen LogP contribution in [0.3, 0.4) is 0 Å². The molecule has 4 aromatic rings. The average molecular weight is 574 g/mol. The van der Waals surface area contributed by atoms with Crippen molar-refractivity contribution in [2.75, 3.05) is 38.5 Å². The first-order valence-electron chi connectivity index (χ1n) is 14.3. The summed E-state index contributed by atoms with van der Waals surface area (Å²) in [6.07, 6.45) is 3.69. The number of hydrogen-bond donors (Lipinski definition) is 2. The fourth-order valence-electron chi connectivity index (χ4n) is 5.07. The second kappa shape index (κ2) is 14.4. The molecule has 0 atom stereocenters. The number of nitrogen functional groups attached to an aromatic ring is 1. The largest absolute Gasteiger partial charge is 0.481 e. The van der Waals surface area contributed by atoms with Gasteiger partial charge >= 0.3 is 0 Å². The minimum absolute atomic E-state index is 0.132. The van der Waals surface area contributed by atoms with Crippen LogP contribution >= 0.6 is 0 Å². The summed E-state index contributed by atoms with van der Waals surface area (Å²) in [4.78, 5) is 34.9. The third kappa shape index (κ3) is 7.61. The number of benzene rings is 2. The van der Waals surface area contributed by atoms with Crippen molar-refractivity contribution in [1.29, 1.82) is 0 Å². The lowest BCUT2D eigenvalue weighted by atomic mass is 10.0. The van der Waals surface area contributed by atoms with Crippen LogP contribution < -0.4 is 10.5 Å². The first kappa shape index (κ1) is 30.4. The summed E-state index contributed by atoms with van der Waals surface area (Å²) in [5.74, 6) is 1.33. The number of hydrogen-bond acceptors (Lipinski definition) is 8. The van der Waals surface area contributed by atoms with E-state index in [0.717, 1.165) is 73.2 Å². The maximum Gasteiger partial charge on any atom is 0.300 e. The van der Waals surface area contributed by atoms with Crippen molar-refractivity contribution >= 4 is 28.7 Å². The molecule has 2 aromatic carbocycles. The van der Waals surface area contributed by atoms with E-state index in [-0.39, 0.29) is 11.9 Å². The molecule has 11 heteroatoms. The lowest BCUT2D eigenvalue weighted by molar-refractivity contribution is -0.134. The predicted octanol–water partition coefficient (Wildman–Crippen LogP) is 4.85. The number of carbonyl (C=O) groups is 2. The van der Waals surface area contributed by atoms with Crippen molar-refractivity contribution in [3.05, 3.63) is 60.9 Å². The maximum atomic E-state index is 12.8. The number of amides is 1. The number of para-hydroxylation sites is 1. The van der Waals surface area contributed by atoms with Gasteiger partial charge in [-0.2, -0.15) is 5.10 Å². The van der Waals surface area contributed by atoms with E-state index in [4.69, 9.17) is 25.5 Å². The summed E-state index contributed by atoms with van der Waals surface area (Å²) in [5.41, 5.74) is 8.72. The monoisotopic (exact) mass is 573 g/mol. The lowest BCUT2D eigenvalue weighted by Crippen LogP contribution is -2.40. The Bertz CT molecular complexity index is 1460. The minimum atomic E-state index is -0.833. The molecule has 222 valence electrons. The number of anilines is 1. The quantitative estimate of drug-likeness (QED) is 0.287. The Morgan fingerprint density at radius 1 is 1.00 bits per heavy atom. The van der Waals surface area contributed by atoms with Crippen molar-refractivity contribution in [2.45, 2.75) is 46.1 Å². The molecular formula is C31H39N7O4. The zero-order valence-electron chi connectivity index (χ0n) is 24.4. The molecule has 0 aliphatic carbocycles. The molecular weight excluding hydrogens is 534 g/mol. The first-order chi connectivity index (χ1) is 20.3. The Morgan fingerprint density at radius 2 is 1.62 bits per heavy atom. The van der Waals surface area contributed by atoms with E-state index in [0.29, 0.717) is 25.3 Å². The van der Waals surface area contributed by atoms with E-state index in [1.54, 1.807) is 0 Å². The molecule has 3 N–H and O–H groups in total. The van der Waals surface area contributed by atoms with E-state index in [1.807, 2.05) is 64.2 Å². The van der Waals surface area contributed by atoms with Crippen LogP contribution in [0.15, 0.2) is 60.9 Å². The topological polar surface area (TPSA) is 140 Å². The molecule has 1 aliphatic rings. The summed E-state index contributed by atoms with van der Waals surface area (Å²) in [7, 11) is 0. The Hall–Kier alpha value is -4.51. The first-order valence-corrected chi connectivity index (χ1v) is 14.3. The van der Waals surface area contributed by atoms with Crippen LogP contribution in [0.1, 0.15) is 46.1 Å². The van der Waals surface area contributed by atoms with Crippen LogP contribution in [0.2, 0.25) is 0 Å². The molecule has 2 aromatic heterocycles. The highest BCUT2D eigenvalue weighted by Crippen LogP contribution is 2.35. The molecule has 0 unspecified atom stereocenters. The molecule has 11 nitrogen and oxygen atoms in total. The molecule has 0 saturated carbocycles. The number of nitrogens with zero attached hydrogens (tertiary/aromatic N) is 6. The van der Waals surface area contributed by atoms with E-state index < -0.39 is 5.97 Å². The molecule has 5 rings (SSSR count). The van der Waals surface area contributed by atoms with Gasteiger partial charge in [0.25, 0.3) is 5.97 Å². The Balaban J connectivity index is 0.000000952. The maximum absolute atomic E-state index is 12.8. The van der Waals surface area contributed by atoms with E-state index in [9.17, 15) is 4.79 Å². The Kier molecular flexibility index (Phi) is 10.4. The average Bonchev–Trinajstić information content (AvgIpc) is 3.39. The van der Waals surface area contributed by atoms with Gasteiger partial charge in [0.05, 0.1) is 11.4 Å². The van der Waals surface area contributed by atoms with Gasteiger partial charge < -0.3 is 25.4 Å². The number of aromatic nitrogens is 4. The smallest absolute Gasteiger partial charge is 0.300 e. The highest BCUT2D eigenvalue weighted by atomic mass is 16.5. The van der Waals surface area contributed by atoms with Gasteiger partial charge in [0.1, 0.15) is 29.3 Å². The lowest BCUT2D eigenvalue weighted by Gasteiger charge is -2.32. The highest BCUT2D eigenvalue weighted by Gasteiger charge is 2.28. The zero-order chi connectivity index (χ0) is 30.1. The van der Waals surface area contributed by atoms with Crippen LogP contribution in [0, 0.1) is 0 Å². The number of fused-ring (bicyclic) bond motifs is 1. The number of rotatable bonds is 9. The van der Waals surface area contributed by atoms with Crippen LogP contribution in [-0.2, 0) is 9.59 Å². The SMILES string of the molecule is CC(=O)O.CCN(CC)CCC(=O)N1CCC(n2nc(-c3ccc(Oc4ccccc4)cc3)c3c(N)ncnc32)CC1. The van der Waals surface area contributed by atoms with Crippen molar-refractivity contribution < 1.29 is 19.4 Å². The van der Waals surface area contributed by atoms with Crippen LogP contribution in [0.4, 0.5) is 5.82 Å². The summed E-state index contributed by atoms with van der Waals surface area (Å²) >= 11 is 0. The second-order valence-electron chi connectivity index (χ2n) is 10.1. The molecule has 1 aliphatic heterocycles. The third-order valence-electron chi connectivity index (χ3n) is 7.32. The Labute approximate surface area is 245 Å². The number of nitrogens with two attached hydrogens (primary N) is 1. The fourth-order valence-corrected chi connectivity index (χ4v) is 5.07. The van der Waals surface area contributed by atoms with Gasteiger partial charge in [-0.15, -0.1) is 0 Å². The fraction of sp³-hybridized carbons (Fsp3) is 0.387. The molecule has 0 spiro atoms. The van der Waals surface area contributed by atoms with Crippen LogP contribution in [0.5, 0.6) is 11.5 Å². The molecule has 0 bridgehead atoms. The number of piperidine rings is 1. The van der Waals surface area contributed by atoms with Gasteiger partial charge in [0, 0.05) is 38.5 Å². The molecule has 1 saturated heterocycles. The number of carboxylic acid groups (broad SMARTS) is 1. The number of carbonyl (C=O) groups excluding carboxylic acids is 1. The normalized spacial score (nSPS) is 13.6.